The molecule has 496 valence electrons. The highest BCUT2D eigenvalue weighted by Crippen LogP contribution is 2.35. The molecule has 0 aliphatic carbocycles. The van der Waals surface area contributed by atoms with Crippen LogP contribution in [0, 0.1) is 31.3 Å². The number of benzene rings is 8. The maximum Gasteiger partial charge on any atom is 0.245 e. The van der Waals surface area contributed by atoms with Gasteiger partial charge in [-0.2, -0.15) is 0 Å². The first-order chi connectivity index (χ1) is 48.7. The van der Waals surface area contributed by atoms with Crippen molar-refractivity contribution in [3.8, 4) is 0 Å². The molecule has 100 heavy (non-hydrogen) atoms. The highest BCUT2D eigenvalue weighted by atomic mass is 35.5. The molecule has 16 aromatic rings. The second-order valence-corrected chi connectivity index (χ2v) is 22.2. The van der Waals surface area contributed by atoms with E-state index in [-0.39, 0.29) is 57.1 Å². The van der Waals surface area contributed by atoms with Crippen LogP contribution in [0.4, 0.5) is 105 Å². The van der Waals surface area contributed by atoms with Crippen LogP contribution in [0.15, 0.2) is 213 Å². The fourth-order valence-corrected chi connectivity index (χ4v) is 9.39. The number of aromatic nitrogens is 16. The maximum absolute atomic E-state index is 13.9. The van der Waals surface area contributed by atoms with Crippen molar-refractivity contribution in [3.63, 3.8) is 0 Å². The number of nitrogens with one attached hydrogen (secondary N) is 8. The van der Waals surface area contributed by atoms with Gasteiger partial charge in [0.25, 0.3) is 0 Å². The molecule has 0 unspecified atom stereocenters. The van der Waals surface area contributed by atoms with Gasteiger partial charge in [-0.1, -0.05) is 119 Å². The molecule has 0 saturated carbocycles. The van der Waals surface area contributed by atoms with Gasteiger partial charge in [-0.05, 0) is 176 Å². The normalized spacial score (nSPS) is 10.8. The van der Waals surface area contributed by atoms with Crippen molar-refractivity contribution in [1.82, 2.24) is 81.1 Å². The van der Waals surface area contributed by atoms with Crippen molar-refractivity contribution in [2.45, 2.75) is 13.8 Å². The number of para-hydroxylation sites is 4. The fraction of sp³-hybridized carbons (Fsp3) is 0.0303. The molecular formula is C66H46Cl3F3N24O4. The van der Waals surface area contributed by atoms with Crippen LogP contribution in [0.3, 0.4) is 0 Å². The Kier molecular flexibility index (Phi) is 19.8. The molecule has 0 spiro atoms. The summed E-state index contributed by atoms with van der Waals surface area (Å²) in [6.45, 7) is 4.04. The molecule has 8 heterocycles. The Bertz CT molecular complexity index is 4830. The highest BCUT2D eigenvalue weighted by molar-refractivity contribution is 6.34. The number of aryl methyl sites for hydroxylation is 2. The molecule has 34 heteroatoms. The van der Waals surface area contributed by atoms with E-state index in [9.17, 15) is 13.2 Å². The van der Waals surface area contributed by atoms with Crippen LogP contribution in [0.25, 0.3) is 45.2 Å². The summed E-state index contributed by atoms with van der Waals surface area (Å²) in [7, 11) is 0. The first-order valence-electron chi connectivity index (χ1n) is 29.6. The van der Waals surface area contributed by atoms with Crippen molar-refractivity contribution < 1.29 is 31.7 Å². The summed E-state index contributed by atoms with van der Waals surface area (Å²) >= 11 is 18.4. The van der Waals surface area contributed by atoms with E-state index in [1.807, 2.05) is 111 Å². The zero-order valence-corrected chi connectivity index (χ0v) is 53.8. The van der Waals surface area contributed by atoms with Crippen molar-refractivity contribution in [1.29, 1.82) is 0 Å². The van der Waals surface area contributed by atoms with Crippen LogP contribution in [0.5, 0.6) is 0 Å². The lowest BCUT2D eigenvalue weighted by Gasteiger charge is -2.13. The molecular weight excluding hydrogens is 1360 g/mol. The van der Waals surface area contributed by atoms with Crippen molar-refractivity contribution >= 4 is 172 Å². The van der Waals surface area contributed by atoms with E-state index in [0.29, 0.717) is 84.0 Å². The number of nitrogens with zero attached hydrogens (tertiary/aromatic N) is 16. The molecule has 16 rings (SSSR count). The third-order valence-corrected chi connectivity index (χ3v) is 14.7. The average molecular weight is 1400 g/mol. The first kappa shape index (κ1) is 65.4. The van der Waals surface area contributed by atoms with Crippen molar-refractivity contribution in [2.75, 3.05) is 42.5 Å². The van der Waals surface area contributed by atoms with E-state index in [1.165, 1.54) is 42.0 Å². The van der Waals surface area contributed by atoms with Crippen LogP contribution < -0.4 is 42.5 Å². The van der Waals surface area contributed by atoms with Gasteiger partial charge in [0, 0.05) is 27.8 Å². The zero-order valence-electron chi connectivity index (χ0n) is 51.5. The molecule has 0 atom stereocenters. The van der Waals surface area contributed by atoms with Gasteiger partial charge in [0.2, 0.25) is 45.2 Å². The highest BCUT2D eigenvalue weighted by Gasteiger charge is 2.20. The van der Waals surface area contributed by atoms with E-state index < -0.39 is 11.6 Å². The van der Waals surface area contributed by atoms with Crippen LogP contribution >= 0.6 is 34.8 Å². The lowest BCUT2D eigenvalue weighted by atomic mass is 10.2. The minimum atomic E-state index is -0.473. The van der Waals surface area contributed by atoms with Gasteiger partial charge in [0.05, 0.1) is 32.8 Å². The standard InChI is InChI=1S/C17H13ClN6O.C17H13FN6O.C16H10Cl2N6O.C16H10F2N6O/c2*1-10-2-6-12(7-3-10)19-14-15(20-13-8-4-11(18)5-9-13)22-17-16(21-14)23-25-24-17;2*17-9-5-1-3-7-11(9)19-13-14(20-12-8-4-2-6-10(12)18)22-16-15(21-13)23-25-24-16/h2*2-9H,1H3,(H,19,21,23)(H,20,22,24);2*1-8H,(H,19,21,23)(H,20,22,24). The summed E-state index contributed by atoms with van der Waals surface area (Å²) in [6.07, 6.45) is 0. The van der Waals surface area contributed by atoms with Crippen LogP contribution in [0.2, 0.25) is 15.1 Å². The summed E-state index contributed by atoms with van der Waals surface area (Å²) in [5.41, 5.74) is 9.31. The monoisotopic (exact) mass is 1400 g/mol. The SMILES string of the molecule is Cc1ccc(Nc2nc3nonc3nc2Nc2ccc(Cl)cc2)cc1.Cc1ccc(Nc2nc3nonc3nc2Nc2ccc(F)cc2)cc1.Clc1ccccc1Nc1nc2nonc2nc1Nc1ccccc1Cl.Fc1ccccc1Nc1nc2nonc2nc1Nc1ccccc1F. The third-order valence-electron chi connectivity index (χ3n) is 13.8. The van der Waals surface area contributed by atoms with E-state index in [2.05, 4.69) is 133 Å². The molecule has 0 bridgehead atoms. The molecule has 8 N–H and O–H groups in total. The van der Waals surface area contributed by atoms with Gasteiger partial charge in [-0.3, -0.25) is 0 Å². The Hall–Kier alpha value is -13.3. The topological polar surface area (TPSA) is 355 Å². The molecule has 28 nitrogen and oxygen atoms in total. The Morgan fingerprint density at radius 1 is 0.260 bits per heavy atom. The minimum absolute atomic E-state index is 0.137. The zero-order chi connectivity index (χ0) is 68.9. The van der Waals surface area contributed by atoms with E-state index in [0.717, 1.165) is 22.6 Å². The summed E-state index contributed by atoms with van der Waals surface area (Å²) < 4.78 is 59.6. The molecule has 8 aromatic carbocycles. The van der Waals surface area contributed by atoms with E-state index in [4.69, 9.17) is 44.1 Å². The van der Waals surface area contributed by atoms with E-state index >= 15 is 0 Å². The number of rotatable bonds is 16. The minimum Gasteiger partial charge on any atom is -0.337 e. The number of fused-ring (bicyclic) bond motifs is 4. The Labute approximate surface area is 576 Å². The van der Waals surface area contributed by atoms with Gasteiger partial charge in [0.15, 0.2) is 46.5 Å². The summed E-state index contributed by atoms with van der Waals surface area (Å²) in [4.78, 5) is 34.8. The third kappa shape index (κ3) is 16.3. The summed E-state index contributed by atoms with van der Waals surface area (Å²) in [6, 6.07) is 55.8. The van der Waals surface area contributed by atoms with E-state index in [1.54, 1.807) is 60.7 Å². The van der Waals surface area contributed by atoms with Gasteiger partial charge >= 0.3 is 0 Å². The summed E-state index contributed by atoms with van der Waals surface area (Å²) in [5, 5.41) is 56.0. The molecule has 8 aromatic heterocycles. The number of halogens is 6. The quantitative estimate of drug-likeness (QED) is 0.0445. The van der Waals surface area contributed by atoms with Gasteiger partial charge in [-0.25, -0.2) is 71.6 Å². The van der Waals surface area contributed by atoms with Crippen LogP contribution in [-0.2, 0) is 0 Å². The van der Waals surface area contributed by atoms with Crippen LogP contribution in [-0.4, -0.2) is 81.1 Å². The largest absolute Gasteiger partial charge is 0.337 e. The molecule has 0 fully saturated rings. The van der Waals surface area contributed by atoms with Crippen LogP contribution in [0.1, 0.15) is 11.1 Å². The smallest absolute Gasteiger partial charge is 0.245 e. The average Bonchev–Trinajstić information content (AvgIpc) is 1.34. The lowest BCUT2D eigenvalue weighted by Crippen LogP contribution is -2.05. The molecule has 0 amide bonds. The van der Waals surface area contributed by atoms with Gasteiger partial charge < -0.3 is 42.5 Å². The van der Waals surface area contributed by atoms with Gasteiger partial charge in [-0.15, -0.1) is 0 Å². The lowest BCUT2D eigenvalue weighted by molar-refractivity contribution is 0.314. The molecule has 0 aliphatic heterocycles. The fourth-order valence-electron chi connectivity index (χ4n) is 8.90. The van der Waals surface area contributed by atoms with Gasteiger partial charge in [0.1, 0.15) is 17.5 Å². The Balaban J connectivity index is 0.000000119. The second-order valence-electron chi connectivity index (χ2n) is 21.0. The molecule has 0 saturated heterocycles. The predicted molar refractivity (Wildman–Crippen MR) is 372 cm³/mol. The maximum atomic E-state index is 13.9. The number of hydrogen-bond donors (Lipinski definition) is 8. The predicted octanol–water partition coefficient (Wildman–Crippen LogP) is 17.0. The summed E-state index contributed by atoms with van der Waals surface area (Å²) in [5.74, 6) is 1.77. The first-order valence-corrected chi connectivity index (χ1v) is 30.7. The molecule has 0 radical (unpaired) electrons. The second kappa shape index (κ2) is 30.2. The Morgan fingerprint density at radius 2 is 0.490 bits per heavy atom. The number of hydrogen-bond acceptors (Lipinski definition) is 28. The number of anilines is 16. The van der Waals surface area contributed by atoms with Crippen molar-refractivity contribution in [2.24, 2.45) is 0 Å². The Morgan fingerprint density at radius 3 is 0.770 bits per heavy atom. The van der Waals surface area contributed by atoms with Crippen molar-refractivity contribution in [3.05, 3.63) is 238 Å². The molecule has 0 aliphatic rings.